The molecule has 0 aliphatic rings. The van der Waals surface area contributed by atoms with Crippen LogP contribution in [0.25, 0.3) is 0 Å². The first kappa shape index (κ1) is 16.7. The minimum Gasteiger partial charge on any atom is -0.508 e. The molecule has 122 valence electrons. The van der Waals surface area contributed by atoms with Crippen molar-refractivity contribution in [1.29, 1.82) is 0 Å². The lowest BCUT2D eigenvalue weighted by Gasteiger charge is -2.09. The van der Waals surface area contributed by atoms with Crippen LogP contribution < -0.4 is 4.74 Å². The zero-order chi connectivity index (χ0) is 16.8. The Kier molecular flexibility index (Phi) is 5.46. The van der Waals surface area contributed by atoms with Gasteiger partial charge in [0.05, 0.1) is 17.7 Å². The quantitative estimate of drug-likeness (QED) is 0.536. The van der Waals surface area contributed by atoms with Gasteiger partial charge in [0.2, 0.25) is 0 Å². The van der Waals surface area contributed by atoms with Gasteiger partial charge in [-0.3, -0.25) is 4.79 Å². The minimum atomic E-state index is -0.530. The van der Waals surface area contributed by atoms with Crippen LogP contribution in [0.15, 0.2) is 36.4 Å². The molecule has 0 spiro atoms. The maximum absolute atomic E-state index is 12.4. The van der Waals surface area contributed by atoms with Gasteiger partial charge in [-0.2, -0.15) is 0 Å². The summed E-state index contributed by atoms with van der Waals surface area (Å²) < 4.78 is 5.52. The standard InChI is InChI=1S/C18H20O5/c1-2-3-4-9-23-13-6-8-15(17(21)11-13)18(22)14-7-5-12(19)10-16(14)20/h5-8,10-11,19-21H,2-4,9H2,1H3. The van der Waals surface area contributed by atoms with Crippen molar-refractivity contribution >= 4 is 5.78 Å². The lowest BCUT2D eigenvalue weighted by atomic mass is 10.0. The highest BCUT2D eigenvalue weighted by atomic mass is 16.5. The summed E-state index contributed by atoms with van der Waals surface area (Å²) >= 11 is 0. The first-order valence-electron chi connectivity index (χ1n) is 7.55. The van der Waals surface area contributed by atoms with Crippen molar-refractivity contribution in [2.45, 2.75) is 26.2 Å². The Bertz CT molecular complexity index is 694. The zero-order valence-electron chi connectivity index (χ0n) is 13.0. The third-order valence-corrected chi connectivity index (χ3v) is 3.46. The molecule has 0 aromatic heterocycles. The van der Waals surface area contributed by atoms with Crippen molar-refractivity contribution < 1.29 is 24.9 Å². The van der Waals surface area contributed by atoms with E-state index in [2.05, 4.69) is 6.92 Å². The van der Waals surface area contributed by atoms with Crippen LogP contribution in [0.2, 0.25) is 0 Å². The van der Waals surface area contributed by atoms with Crippen LogP contribution in [-0.2, 0) is 0 Å². The molecule has 0 aliphatic carbocycles. The number of aromatic hydroxyl groups is 3. The van der Waals surface area contributed by atoms with E-state index in [4.69, 9.17) is 4.74 Å². The summed E-state index contributed by atoms with van der Waals surface area (Å²) in [5.74, 6) is -0.730. The summed E-state index contributed by atoms with van der Waals surface area (Å²) in [4.78, 5) is 12.4. The number of benzene rings is 2. The van der Waals surface area contributed by atoms with Gasteiger partial charge in [0.25, 0.3) is 0 Å². The molecule has 0 fully saturated rings. The minimum absolute atomic E-state index is 0.00899. The number of hydrogen-bond acceptors (Lipinski definition) is 5. The van der Waals surface area contributed by atoms with Crippen molar-refractivity contribution in [3.05, 3.63) is 47.5 Å². The van der Waals surface area contributed by atoms with Gasteiger partial charge in [-0.25, -0.2) is 0 Å². The molecular formula is C18H20O5. The summed E-state index contributed by atoms with van der Waals surface area (Å²) in [6.07, 6.45) is 3.10. The maximum atomic E-state index is 12.4. The molecule has 0 saturated carbocycles. The van der Waals surface area contributed by atoms with E-state index in [1.807, 2.05) is 0 Å². The molecule has 0 bridgehead atoms. The fourth-order valence-corrected chi connectivity index (χ4v) is 2.19. The van der Waals surface area contributed by atoms with Gasteiger partial charge >= 0.3 is 0 Å². The van der Waals surface area contributed by atoms with Crippen LogP contribution >= 0.6 is 0 Å². The first-order chi connectivity index (χ1) is 11.0. The van der Waals surface area contributed by atoms with Crippen molar-refractivity contribution in [1.82, 2.24) is 0 Å². The van der Waals surface area contributed by atoms with Gasteiger partial charge in [0, 0.05) is 12.1 Å². The monoisotopic (exact) mass is 316 g/mol. The molecule has 23 heavy (non-hydrogen) atoms. The summed E-state index contributed by atoms with van der Waals surface area (Å²) in [6.45, 7) is 2.66. The second kappa shape index (κ2) is 7.54. The van der Waals surface area contributed by atoms with E-state index in [1.165, 1.54) is 24.3 Å². The predicted molar refractivity (Wildman–Crippen MR) is 86.3 cm³/mol. The van der Waals surface area contributed by atoms with Crippen LogP contribution in [0.5, 0.6) is 23.0 Å². The average molecular weight is 316 g/mol. The lowest BCUT2D eigenvalue weighted by Crippen LogP contribution is -2.03. The number of carbonyl (C=O) groups excluding carboxylic acids is 1. The number of ketones is 1. The molecule has 0 saturated heterocycles. The van der Waals surface area contributed by atoms with E-state index < -0.39 is 5.78 Å². The molecule has 2 rings (SSSR count). The highest BCUT2D eigenvalue weighted by Gasteiger charge is 2.18. The Morgan fingerprint density at radius 2 is 1.61 bits per heavy atom. The normalized spacial score (nSPS) is 10.5. The molecule has 2 aromatic carbocycles. The Morgan fingerprint density at radius 1 is 0.957 bits per heavy atom. The number of phenolic OH excluding ortho intramolecular Hbond substituents is 3. The van der Waals surface area contributed by atoms with Crippen molar-refractivity contribution in [3.63, 3.8) is 0 Å². The molecule has 0 heterocycles. The Morgan fingerprint density at radius 3 is 2.22 bits per heavy atom. The number of carbonyl (C=O) groups is 1. The molecule has 0 amide bonds. The van der Waals surface area contributed by atoms with E-state index in [1.54, 1.807) is 6.07 Å². The molecule has 2 aromatic rings. The van der Waals surface area contributed by atoms with Crippen LogP contribution in [0.1, 0.15) is 42.1 Å². The molecular weight excluding hydrogens is 296 g/mol. The third kappa shape index (κ3) is 4.16. The fourth-order valence-electron chi connectivity index (χ4n) is 2.19. The van der Waals surface area contributed by atoms with Gasteiger partial charge < -0.3 is 20.1 Å². The third-order valence-electron chi connectivity index (χ3n) is 3.46. The van der Waals surface area contributed by atoms with E-state index >= 15 is 0 Å². The fraction of sp³-hybridized carbons (Fsp3) is 0.278. The molecule has 5 nitrogen and oxygen atoms in total. The van der Waals surface area contributed by atoms with E-state index in [0.717, 1.165) is 25.3 Å². The van der Waals surface area contributed by atoms with Crippen molar-refractivity contribution in [2.24, 2.45) is 0 Å². The average Bonchev–Trinajstić information content (AvgIpc) is 2.51. The van der Waals surface area contributed by atoms with Crippen LogP contribution in [0.4, 0.5) is 0 Å². The van der Waals surface area contributed by atoms with E-state index in [-0.39, 0.29) is 28.4 Å². The summed E-state index contributed by atoms with van der Waals surface area (Å²) in [7, 11) is 0. The Hall–Kier alpha value is -2.69. The Balaban J connectivity index is 2.15. The first-order valence-corrected chi connectivity index (χ1v) is 7.55. The highest BCUT2D eigenvalue weighted by molar-refractivity contribution is 6.12. The molecule has 0 atom stereocenters. The van der Waals surface area contributed by atoms with Gasteiger partial charge in [-0.1, -0.05) is 19.8 Å². The zero-order valence-corrected chi connectivity index (χ0v) is 13.0. The molecule has 0 radical (unpaired) electrons. The largest absolute Gasteiger partial charge is 0.508 e. The van der Waals surface area contributed by atoms with Crippen LogP contribution in [-0.4, -0.2) is 27.7 Å². The number of hydrogen-bond donors (Lipinski definition) is 3. The van der Waals surface area contributed by atoms with Crippen LogP contribution in [0, 0.1) is 0 Å². The van der Waals surface area contributed by atoms with Gasteiger partial charge in [0.15, 0.2) is 5.78 Å². The van der Waals surface area contributed by atoms with Gasteiger partial charge in [-0.05, 0) is 30.7 Å². The highest BCUT2D eigenvalue weighted by Crippen LogP contribution is 2.30. The maximum Gasteiger partial charge on any atom is 0.200 e. The van der Waals surface area contributed by atoms with E-state index in [0.29, 0.717) is 12.4 Å². The number of unbranched alkanes of at least 4 members (excludes halogenated alkanes) is 2. The predicted octanol–water partition coefficient (Wildman–Crippen LogP) is 3.60. The lowest BCUT2D eigenvalue weighted by molar-refractivity contribution is 0.103. The number of phenols is 3. The molecule has 3 N–H and O–H groups in total. The summed E-state index contributed by atoms with van der Waals surface area (Å²) in [6, 6.07) is 8.14. The number of rotatable bonds is 7. The molecule has 5 heteroatoms. The van der Waals surface area contributed by atoms with Crippen molar-refractivity contribution in [3.8, 4) is 23.0 Å². The Labute approximate surface area is 134 Å². The molecule has 0 aliphatic heterocycles. The van der Waals surface area contributed by atoms with Gasteiger partial charge in [0.1, 0.15) is 23.0 Å². The second-order valence-corrected chi connectivity index (χ2v) is 5.27. The van der Waals surface area contributed by atoms with E-state index in [9.17, 15) is 20.1 Å². The summed E-state index contributed by atoms with van der Waals surface area (Å²) in [5.41, 5.74) is 0.0709. The SMILES string of the molecule is CCCCCOc1ccc(C(=O)c2ccc(O)cc2O)c(O)c1. The van der Waals surface area contributed by atoms with Gasteiger partial charge in [-0.15, -0.1) is 0 Å². The summed E-state index contributed by atoms with van der Waals surface area (Å²) in [5, 5.41) is 29.1. The number of ether oxygens (including phenoxy) is 1. The molecule has 0 unspecified atom stereocenters. The van der Waals surface area contributed by atoms with Crippen molar-refractivity contribution in [2.75, 3.05) is 6.61 Å². The topological polar surface area (TPSA) is 87.0 Å². The van der Waals surface area contributed by atoms with Crippen LogP contribution in [0.3, 0.4) is 0 Å². The smallest absolute Gasteiger partial charge is 0.200 e. The second-order valence-electron chi connectivity index (χ2n) is 5.27.